The molecule has 3 N–H and O–H groups in total. The van der Waals surface area contributed by atoms with Crippen molar-refractivity contribution in [2.45, 2.75) is 13.5 Å². The molecule has 0 saturated heterocycles. The van der Waals surface area contributed by atoms with Gasteiger partial charge in [-0.25, -0.2) is 15.0 Å². The van der Waals surface area contributed by atoms with Gasteiger partial charge in [-0.15, -0.1) is 0 Å². The van der Waals surface area contributed by atoms with Gasteiger partial charge in [-0.05, 0) is 72.6 Å². The molecule has 6 rings (SSSR count). The monoisotopic (exact) mass is 540 g/mol. The van der Waals surface area contributed by atoms with Crippen molar-refractivity contribution in [1.29, 1.82) is 0 Å². The minimum absolute atomic E-state index is 0.114. The van der Waals surface area contributed by atoms with Crippen LogP contribution in [0.4, 0.5) is 5.82 Å². The second kappa shape index (κ2) is 11.3. The summed E-state index contributed by atoms with van der Waals surface area (Å²) in [5.74, 6) is 1.72. The Morgan fingerprint density at radius 2 is 1.73 bits per heavy atom. The van der Waals surface area contributed by atoms with Crippen molar-refractivity contribution in [3.63, 3.8) is 0 Å². The standard InChI is InChI=1S/C33H28N6O2/c1-2-41-27-11-6-10-24(18-27)25-19-29-32(36-21-25)39(31(38-29)28-12-7-17-35-30(28)34)26-15-13-22(14-16-26)20-37-33(40)23-8-4-3-5-9-23/h3-19,21H,2,20H2,1H3,(H2,34,35)(H,37,40). The van der Waals surface area contributed by atoms with Crippen LogP contribution in [-0.4, -0.2) is 32.0 Å². The first kappa shape index (κ1) is 25.8. The molecule has 0 aliphatic heterocycles. The lowest BCUT2D eigenvalue weighted by Crippen LogP contribution is -2.22. The van der Waals surface area contributed by atoms with Crippen LogP contribution >= 0.6 is 0 Å². The normalized spacial score (nSPS) is 11.0. The van der Waals surface area contributed by atoms with E-state index >= 15 is 0 Å². The largest absolute Gasteiger partial charge is 0.494 e. The summed E-state index contributed by atoms with van der Waals surface area (Å²) in [6.07, 6.45) is 3.50. The number of fused-ring (bicyclic) bond motifs is 1. The SMILES string of the molecule is CCOc1cccc(-c2cnc3c(c2)nc(-c2cccnc2N)n3-c2ccc(CNC(=O)c3ccccc3)cc2)c1. The molecule has 0 atom stereocenters. The first-order valence-corrected chi connectivity index (χ1v) is 13.4. The molecule has 0 bridgehead atoms. The van der Waals surface area contributed by atoms with E-state index in [0.717, 1.165) is 33.6 Å². The van der Waals surface area contributed by atoms with Crippen LogP contribution in [0.2, 0.25) is 0 Å². The zero-order valence-electron chi connectivity index (χ0n) is 22.5. The maximum absolute atomic E-state index is 12.5. The van der Waals surface area contributed by atoms with Gasteiger partial charge in [0.2, 0.25) is 0 Å². The average Bonchev–Trinajstić information content (AvgIpc) is 3.39. The third kappa shape index (κ3) is 5.35. The molecule has 0 saturated carbocycles. The molecule has 0 aliphatic carbocycles. The molecular formula is C33H28N6O2. The van der Waals surface area contributed by atoms with Gasteiger partial charge in [0.1, 0.15) is 17.1 Å². The minimum Gasteiger partial charge on any atom is -0.494 e. The fraction of sp³-hybridized carbons (Fsp3) is 0.0909. The lowest BCUT2D eigenvalue weighted by Gasteiger charge is -2.12. The van der Waals surface area contributed by atoms with Crippen LogP contribution in [0.5, 0.6) is 5.75 Å². The summed E-state index contributed by atoms with van der Waals surface area (Å²) in [4.78, 5) is 26.6. The topological polar surface area (TPSA) is 108 Å². The van der Waals surface area contributed by atoms with E-state index in [4.69, 9.17) is 20.4 Å². The van der Waals surface area contributed by atoms with E-state index in [1.54, 1.807) is 18.3 Å². The molecule has 8 heteroatoms. The number of rotatable bonds is 8. The zero-order chi connectivity index (χ0) is 28.2. The number of nitrogens with zero attached hydrogens (tertiary/aromatic N) is 4. The van der Waals surface area contributed by atoms with E-state index in [1.165, 1.54) is 0 Å². The number of nitrogens with one attached hydrogen (secondary N) is 1. The van der Waals surface area contributed by atoms with Crippen LogP contribution in [0.1, 0.15) is 22.8 Å². The summed E-state index contributed by atoms with van der Waals surface area (Å²) >= 11 is 0. The van der Waals surface area contributed by atoms with Gasteiger partial charge in [0, 0.05) is 35.8 Å². The van der Waals surface area contributed by atoms with Gasteiger partial charge in [0.25, 0.3) is 5.91 Å². The smallest absolute Gasteiger partial charge is 0.251 e. The van der Waals surface area contributed by atoms with Crippen LogP contribution in [0.15, 0.2) is 109 Å². The van der Waals surface area contributed by atoms with Crippen molar-refractivity contribution in [3.8, 4) is 34.0 Å². The summed E-state index contributed by atoms with van der Waals surface area (Å²) in [6.45, 7) is 2.97. The molecule has 202 valence electrons. The summed E-state index contributed by atoms with van der Waals surface area (Å²) in [5.41, 5.74) is 12.8. The number of amides is 1. The molecule has 41 heavy (non-hydrogen) atoms. The number of anilines is 1. The Balaban J connectivity index is 1.36. The highest BCUT2D eigenvalue weighted by atomic mass is 16.5. The van der Waals surface area contributed by atoms with Crippen LogP contribution in [0, 0.1) is 0 Å². The van der Waals surface area contributed by atoms with Crippen LogP contribution in [-0.2, 0) is 6.54 Å². The zero-order valence-corrected chi connectivity index (χ0v) is 22.5. The highest BCUT2D eigenvalue weighted by molar-refractivity contribution is 5.94. The summed E-state index contributed by atoms with van der Waals surface area (Å²) in [7, 11) is 0. The number of imidazole rings is 1. The molecule has 0 spiro atoms. The number of hydrogen-bond acceptors (Lipinski definition) is 6. The molecular weight excluding hydrogens is 512 g/mol. The highest BCUT2D eigenvalue weighted by Crippen LogP contribution is 2.32. The van der Waals surface area contributed by atoms with Gasteiger partial charge >= 0.3 is 0 Å². The molecule has 0 radical (unpaired) electrons. The lowest BCUT2D eigenvalue weighted by atomic mass is 10.1. The molecule has 3 aromatic heterocycles. The first-order chi connectivity index (χ1) is 20.1. The number of aromatic nitrogens is 4. The van der Waals surface area contributed by atoms with Crippen molar-refractivity contribution in [3.05, 3.63) is 121 Å². The number of benzene rings is 3. The molecule has 0 unspecified atom stereocenters. The maximum atomic E-state index is 12.5. The number of nitrogen functional groups attached to an aromatic ring is 1. The van der Waals surface area contributed by atoms with Gasteiger partial charge in [-0.3, -0.25) is 9.36 Å². The van der Waals surface area contributed by atoms with E-state index < -0.39 is 0 Å². The number of hydrogen-bond donors (Lipinski definition) is 2. The minimum atomic E-state index is -0.114. The second-order valence-electron chi connectivity index (χ2n) is 9.45. The van der Waals surface area contributed by atoms with Crippen molar-refractivity contribution < 1.29 is 9.53 Å². The fourth-order valence-corrected chi connectivity index (χ4v) is 4.72. The average molecular weight is 541 g/mol. The van der Waals surface area contributed by atoms with Crippen LogP contribution in [0.3, 0.4) is 0 Å². The van der Waals surface area contributed by atoms with E-state index in [1.807, 2.05) is 103 Å². The third-order valence-electron chi connectivity index (χ3n) is 6.74. The Hall–Kier alpha value is -5.50. The predicted octanol–water partition coefficient (Wildman–Crippen LogP) is 6.06. The maximum Gasteiger partial charge on any atom is 0.251 e. The molecule has 3 aromatic carbocycles. The van der Waals surface area contributed by atoms with Crippen LogP contribution < -0.4 is 15.8 Å². The van der Waals surface area contributed by atoms with Crippen molar-refractivity contribution in [2.75, 3.05) is 12.3 Å². The Bertz CT molecular complexity index is 1830. The van der Waals surface area contributed by atoms with Gasteiger partial charge < -0.3 is 15.8 Å². The van der Waals surface area contributed by atoms with Gasteiger partial charge in [-0.2, -0.15) is 0 Å². The Morgan fingerprint density at radius 1 is 0.902 bits per heavy atom. The number of carbonyl (C=O) groups is 1. The first-order valence-electron chi connectivity index (χ1n) is 13.4. The fourth-order valence-electron chi connectivity index (χ4n) is 4.72. The number of carbonyl (C=O) groups excluding carboxylic acids is 1. The summed E-state index contributed by atoms with van der Waals surface area (Å²) in [5, 5.41) is 2.97. The van der Waals surface area contributed by atoms with E-state index in [0.29, 0.717) is 41.6 Å². The molecule has 0 aliphatic rings. The van der Waals surface area contributed by atoms with E-state index in [-0.39, 0.29) is 5.91 Å². The molecule has 8 nitrogen and oxygen atoms in total. The van der Waals surface area contributed by atoms with Gasteiger partial charge in [-0.1, -0.05) is 42.5 Å². The lowest BCUT2D eigenvalue weighted by molar-refractivity contribution is 0.0951. The van der Waals surface area contributed by atoms with Gasteiger partial charge in [0.05, 0.1) is 12.2 Å². The summed E-state index contributed by atoms with van der Waals surface area (Å²) < 4.78 is 7.67. The Morgan fingerprint density at radius 3 is 2.51 bits per heavy atom. The van der Waals surface area contributed by atoms with Crippen molar-refractivity contribution in [1.82, 2.24) is 24.8 Å². The molecule has 0 fully saturated rings. The van der Waals surface area contributed by atoms with Gasteiger partial charge in [0.15, 0.2) is 11.5 Å². The number of pyridine rings is 2. The summed E-state index contributed by atoms with van der Waals surface area (Å²) in [6, 6.07) is 30.8. The third-order valence-corrected chi connectivity index (χ3v) is 6.74. The van der Waals surface area contributed by atoms with Crippen molar-refractivity contribution >= 4 is 22.9 Å². The van der Waals surface area contributed by atoms with Crippen molar-refractivity contribution in [2.24, 2.45) is 0 Å². The second-order valence-corrected chi connectivity index (χ2v) is 9.45. The highest BCUT2D eigenvalue weighted by Gasteiger charge is 2.19. The number of ether oxygens (including phenoxy) is 1. The molecule has 1 amide bonds. The molecule has 6 aromatic rings. The molecule has 3 heterocycles. The van der Waals surface area contributed by atoms with Crippen LogP contribution in [0.25, 0.3) is 39.4 Å². The van der Waals surface area contributed by atoms with E-state index in [2.05, 4.69) is 10.3 Å². The Labute approximate surface area is 237 Å². The van der Waals surface area contributed by atoms with E-state index in [9.17, 15) is 4.79 Å². The Kier molecular flexibility index (Phi) is 7.11. The number of nitrogens with two attached hydrogens (primary N) is 1. The predicted molar refractivity (Wildman–Crippen MR) is 161 cm³/mol. The quantitative estimate of drug-likeness (QED) is 0.243.